The molecule has 6 nitrogen and oxygen atoms in total. The molecule has 148 valence electrons. The van der Waals surface area contributed by atoms with Gasteiger partial charge in [-0.1, -0.05) is 0 Å². The summed E-state index contributed by atoms with van der Waals surface area (Å²) < 4.78 is 36.9. The van der Waals surface area contributed by atoms with Crippen LogP contribution in [0.15, 0.2) is 42.5 Å². The lowest BCUT2D eigenvalue weighted by molar-refractivity contribution is -0.128. The second-order valence-electron chi connectivity index (χ2n) is 6.38. The summed E-state index contributed by atoms with van der Waals surface area (Å²) in [6, 6.07) is 10.2. The molecule has 0 radical (unpaired) electrons. The van der Waals surface area contributed by atoms with Crippen LogP contribution >= 0.6 is 0 Å². The maximum Gasteiger partial charge on any atom is 0.229 e. The van der Waals surface area contributed by atoms with Gasteiger partial charge in [-0.2, -0.15) is 0 Å². The molecule has 2 aromatic rings. The Balaban J connectivity index is 1.48. The van der Waals surface area contributed by atoms with E-state index in [1.54, 1.807) is 36.3 Å². The zero-order valence-electron chi connectivity index (χ0n) is 15.3. The van der Waals surface area contributed by atoms with Crippen molar-refractivity contribution in [3.8, 4) is 11.5 Å². The SMILES string of the molecule is COc1ccc(OCCN2CC(C(=O)Nc3ccc(F)c(F)c3)CC2=O)cc1. The zero-order chi connectivity index (χ0) is 20.1. The monoisotopic (exact) mass is 390 g/mol. The molecular formula is C20H20F2N2O4. The van der Waals surface area contributed by atoms with Gasteiger partial charge in [-0.25, -0.2) is 8.78 Å². The van der Waals surface area contributed by atoms with E-state index in [-0.39, 0.29) is 31.2 Å². The fourth-order valence-electron chi connectivity index (χ4n) is 2.93. The highest BCUT2D eigenvalue weighted by atomic mass is 19.2. The number of likely N-dealkylation sites (tertiary alicyclic amines) is 1. The van der Waals surface area contributed by atoms with Crippen molar-refractivity contribution in [3.05, 3.63) is 54.1 Å². The number of carbonyl (C=O) groups is 2. The summed E-state index contributed by atoms with van der Waals surface area (Å²) in [7, 11) is 1.58. The normalized spacial score (nSPS) is 16.2. The van der Waals surface area contributed by atoms with Crippen LogP contribution in [0, 0.1) is 17.6 Å². The van der Waals surface area contributed by atoms with Gasteiger partial charge < -0.3 is 19.7 Å². The Morgan fingerprint density at radius 1 is 1.14 bits per heavy atom. The Hall–Kier alpha value is -3.16. The van der Waals surface area contributed by atoms with Gasteiger partial charge in [0.1, 0.15) is 18.1 Å². The van der Waals surface area contributed by atoms with Gasteiger partial charge in [0, 0.05) is 24.7 Å². The topological polar surface area (TPSA) is 67.9 Å². The van der Waals surface area contributed by atoms with Crippen LogP contribution in [0.5, 0.6) is 11.5 Å². The van der Waals surface area contributed by atoms with Crippen LogP contribution in [0.2, 0.25) is 0 Å². The summed E-state index contributed by atoms with van der Waals surface area (Å²) in [5.74, 6) is -1.77. The molecule has 0 bridgehead atoms. The van der Waals surface area contributed by atoms with E-state index in [4.69, 9.17) is 9.47 Å². The van der Waals surface area contributed by atoms with Crippen molar-refractivity contribution in [2.45, 2.75) is 6.42 Å². The van der Waals surface area contributed by atoms with Crippen molar-refractivity contribution in [1.29, 1.82) is 0 Å². The Bertz CT molecular complexity index is 858. The van der Waals surface area contributed by atoms with Gasteiger partial charge in [0.25, 0.3) is 0 Å². The molecule has 1 aliphatic heterocycles. The Morgan fingerprint density at radius 2 is 1.86 bits per heavy atom. The Kier molecular flexibility index (Phi) is 6.08. The first-order valence-corrected chi connectivity index (χ1v) is 8.77. The van der Waals surface area contributed by atoms with E-state index in [1.807, 2.05) is 0 Å². The van der Waals surface area contributed by atoms with Crippen LogP contribution in [-0.4, -0.2) is 43.5 Å². The smallest absolute Gasteiger partial charge is 0.229 e. The van der Waals surface area contributed by atoms with E-state index < -0.39 is 23.5 Å². The van der Waals surface area contributed by atoms with Crippen molar-refractivity contribution < 1.29 is 27.8 Å². The van der Waals surface area contributed by atoms with Gasteiger partial charge in [-0.15, -0.1) is 0 Å². The predicted octanol–water partition coefficient (Wildman–Crippen LogP) is 2.84. The van der Waals surface area contributed by atoms with Gasteiger partial charge >= 0.3 is 0 Å². The van der Waals surface area contributed by atoms with E-state index in [9.17, 15) is 18.4 Å². The van der Waals surface area contributed by atoms with Gasteiger partial charge in [0.15, 0.2) is 11.6 Å². The summed E-state index contributed by atoms with van der Waals surface area (Å²) >= 11 is 0. The molecule has 0 spiro atoms. The van der Waals surface area contributed by atoms with E-state index in [0.717, 1.165) is 17.9 Å². The molecule has 8 heteroatoms. The van der Waals surface area contributed by atoms with Crippen LogP contribution in [0.1, 0.15) is 6.42 Å². The lowest BCUT2D eigenvalue weighted by atomic mass is 10.1. The molecule has 3 rings (SSSR count). The molecular weight excluding hydrogens is 370 g/mol. The number of benzene rings is 2. The summed E-state index contributed by atoms with van der Waals surface area (Å²) in [5, 5.41) is 2.52. The van der Waals surface area contributed by atoms with E-state index in [1.165, 1.54) is 6.07 Å². The van der Waals surface area contributed by atoms with Gasteiger partial charge in [-0.05, 0) is 36.4 Å². The molecule has 1 aliphatic rings. The molecule has 1 heterocycles. The standard InChI is InChI=1S/C20H20F2N2O4/c1-27-15-3-5-16(6-4-15)28-9-8-24-12-13(10-19(24)25)20(26)23-14-2-7-17(21)18(22)11-14/h2-7,11,13H,8-10,12H2,1H3,(H,23,26). The lowest BCUT2D eigenvalue weighted by Crippen LogP contribution is -2.31. The number of hydrogen-bond acceptors (Lipinski definition) is 4. The van der Waals surface area contributed by atoms with Crippen LogP contribution < -0.4 is 14.8 Å². The lowest BCUT2D eigenvalue weighted by Gasteiger charge is -2.17. The summed E-state index contributed by atoms with van der Waals surface area (Å²) in [5.41, 5.74) is 0.151. The number of nitrogens with zero attached hydrogens (tertiary/aromatic N) is 1. The van der Waals surface area contributed by atoms with E-state index in [2.05, 4.69) is 5.32 Å². The average Bonchev–Trinajstić information content (AvgIpc) is 3.06. The third-order valence-corrected chi connectivity index (χ3v) is 4.46. The molecule has 0 aromatic heterocycles. The second kappa shape index (κ2) is 8.69. The second-order valence-corrected chi connectivity index (χ2v) is 6.38. The van der Waals surface area contributed by atoms with Gasteiger partial charge in [0.2, 0.25) is 11.8 Å². The number of ether oxygens (including phenoxy) is 2. The van der Waals surface area contributed by atoms with Crippen LogP contribution in [-0.2, 0) is 9.59 Å². The quantitative estimate of drug-likeness (QED) is 0.790. The first-order valence-electron chi connectivity index (χ1n) is 8.77. The summed E-state index contributed by atoms with van der Waals surface area (Å²) in [6.45, 7) is 0.885. The minimum atomic E-state index is -1.04. The van der Waals surface area contributed by atoms with Crippen molar-refractivity contribution >= 4 is 17.5 Å². The largest absolute Gasteiger partial charge is 0.497 e. The minimum Gasteiger partial charge on any atom is -0.497 e. The number of carbonyl (C=O) groups excluding carboxylic acids is 2. The predicted molar refractivity (Wildman–Crippen MR) is 98.2 cm³/mol. The molecule has 1 saturated heterocycles. The summed E-state index contributed by atoms with van der Waals surface area (Å²) in [6.07, 6.45) is 0.0675. The fraction of sp³-hybridized carbons (Fsp3) is 0.300. The first-order chi connectivity index (χ1) is 13.5. The molecule has 2 aromatic carbocycles. The minimum absolute atomic E-state index is 0.0675. The molecule has 1 atom stereocenters. The van der Waals surface area contributed by atoms with Crippen LogP contribution in [0.25, 0.3) is 0 Å². The maximum atomic E-state index is 13.2. The molecule has 1 unspecified atom stereocenters. The fourth-order valence-corrected chi connectivity index (χ4v) is 2.93. The Morgan fingerprint density at radius 3 is 2.54 bits per heavy atom. The van der Waals surface area contributed by atoms with Crippen LogP contribution in [0.4, 0.5) is 14.5 Å². The van der Waals surface area contributed by atoms with Gasteiger partial charge in [-0.3, -0.25) is 9.59 Å². The highest BCUT2D eigenvalue weighted by Crippen LogP contribution is 2.21. The first kappa shape index (κ1) is 19.6. The number of rotatable bonds is 7. The zero-order valence-corrected chi connectivity index (χ0v) is 15.3. The average molecular weight is 390 g/mol. The van der Waals surface area contributed by atoms with Crippen molar-refractivity contribution in [2.24, 2.45) is 5.92 Å². The van der Waals surface area contributed by atoms with Crippen LogP contribution in [0.3, 0.4) is 0 Å². The molecule has 1 N–H and O–H groups in total. The molecule has 1 fully saturated rings. The molecule has 2 amide bonds. The van der Waals surface area contributed by atoms with Crippen molar-refractivity contribution in [3.63, 3.8) is 0 Å². The molecule has 28 heavy (non-hydrogen) atoms. The van der Waals surface area contributed by atoms with Crippen molar-refractivity contribution in [1.82, 2.24) is 4.90 Å². The molecule has 0 aliphatic carbocycles. The highest BCUT2D eigenvalue weighted by molar-refractivity contribution is 5.97. The number of hydrogen-bond donors (Lipinski definition) is 1. The highest BCUT2D eigenvalue weighted by Gasteiger charge is 2.34. The number of anilines is 1. The maximum absolute atomic E-state index is 13.2. The van der Waals surface area contributed by atoms with E-state index in [0.29, 0.717) is 12.3 Å². The third kappa shape index (κ3) is 4.76. The van der Waals surface area contributed by atoms with E-state index >= 15 is 0 Å². The Labute approximate surface area is 161 Å². The summed E-state index contributed by atoms with van der Waals surface area (Å²) in [4.78, 5) is 26.0. The number of methoxy groups -OCH3 is 1. The number of halogens is 2. The van der Waals surface area contributed by atoms with Gasteiger partial charge in [0.05, 0.1) is 19.6 Å². The number of amides is 2. The van der Waals surface area contributed by atoms with Crippen molar-refractivity contribution in [2.75, 3.05) is 32.1 Å². The molecule has 0 saturated carbocycles. The third-order valence-electron chi connectivity index (χ3n) is 4.46. The number of nitrogens with one attached hydrogen (secondary N) is 1.